The topological polar surface area (TPSA) is 18.5 Å². The standard InChI is InChI=1S/C17H23ClO2/c1-3-4-11-19-12-13-20-17-9-8-16(15(2)14-17)7-5-6-10-18/h8-9,14H,3-4,6,10-13H2,1-2H3. The Morgan fingerprint density at radius 2 is 2.05 bits per heavy atom. The summed E-state index contributed by atoms with van der Waals surface area (Å²) in [5.41, 5.74) is 2.15. The van der Waals surface area contributed by atoms with Gasteiger partial charge in [0, 0.05) is 24.5 Å². The van der Waals surface area contributed by atoms with Crippen molar-refractivity contribution in [2.45, 2.75) is 33.1 Å². The Morgan fingerprint density at radius 3 is 2.75 bits per heavy atom. The molecule has 0 spiro atoms. The van der Waals surface area contributed by atoms with Gasteiger partial charge in [0.25, 0.3) is 0 Å². The molecule has 1 aromatic rings. The van der Waals surface area contributed by atoms with Crippen LogP contribution in [0.4, 0.5) is 0 Å². The van der Waals surface area contributed by atoms with Crippen LogP contribution in [-0.4, -0.2) is 25.7 Å². The molecule has 0 radical (unpaired) electrons. The Hall–Kier alpha value is -1.17. The van der Waals surface area contributed by atoms with Crippen LogP contribution >= 0.6 is 11.6 Å². The van der Waals surface area contributed by atoms with E-state index in [1.807, 2.05) is 25.1 Å². The van der Waals surface area contributed by atoms with Crippen LogP contribution in [0.3, 0.4) is 0 Å². The Labute approximate surface area is 127 Å². The zero-order valence-corrected chi connectivity index (χ0v) is 13.1. The van der Waals surface area contributed by atoms with Crippen molar-refractivity contribution in [3.63, 3.8) is 0 Å². The van der Waals surface area contributed by atoms with E-state index in [1.165, 1.54) is 0 Å². The number of unbranched alkanes of at least 4 members (excludes halogenated alkanes) is 1. The van der Waals surface area contributed by atoms with Gasteiger partial charge in [-0.05, 0) is 37.1 Å². The molecule has 0 aliphatic heterocycles. The minimum absolute atomic E-state index is 0.575. The summed E-state index contributed by atoms with van der Waals surface area (Å²) in [4.78, 5) is 0. The van der Waals surface area contributed by atoms with Gasteiger partial charge in [0.1, 0.15) is 12.4 Å². The van der Waals surface area contributed by atoms with E-state index < -0.39 is 0 Å². The fourth-order valence-corrected chi connectivity index (χ4v) is 1.73. The third kappa shape index (κ3) is 6.84. The highest BCUT2D eigenvalue weighted by Gasteiger charge is 1.99. The zero-order chi connectivity index (χ0) is 14.6. The maximum atomic E-state index is 5.65. The van der Waals surface area contributed by atoms with Gasteiger partial charge < -0.3 is 9.47 Å². The summed E-state index contributed by atoms with van der Waals surface area (Å²) in [6, 6.07) is 5.95. The Bertz CT molecular complexity index is 446. The largest absolute Gasteiger partial charge is 0.491 e. The maximum Gasteiger partial charge on any atom is 0.119 e. The van der Waals surface area contributed by atoms with Crippen LogP contribution in [0.5, 0.6) is 5.75 Å². The first-order chi connectivity index (χ1) is 9.77. The number of halogens is 1. The summed E-state index contributed by atoms with van der Waals surface area (Å²) in [5.74, 6) is 7.60. The predicted molar refractivity (Wildman–Crippen MR) is 84.6 cm³/mol. The second-order valence-corrected chi connectivity index (χ2v) is 4.91. The van der Waals surface area contributed by atoms with Crippen molar-refractivity contribution in [1.82, 2.24) is 0 Å². The lowest BCUT2D eigenvalue weighted by atomic mass is 10.1. The molecular weight excluding hydrogens is 272 g/mol. The molecule has 0 fully saturated rings. The molecule has 0 N–H and O–H groups in total. The Kier molecular flexibility index (Phi) is 8.95. The molecule has 0 aliphatic carbocycles. The van der Waals surface area contributed by atoms with Gasteiger partial charge in [-0.25, -0.2) is 0 Å². The molecule has 0 aromatic heterocycles. The summed E-state index contributed by atoms with van der Waals surface area (Å²) < 4.78 is 11.1. The number of hydrogen-bond donors (Lipinski definition) is 0. The molecule has 0 amide bonds. The first kappa shape index (κ1) is 16.9. The van der Waals surface area contributed by atoms with Gasteiger partial charge in [-0.3, -0.25) is 0 Å². The molecule has 1 rings (SSSR count). The first-order valence-electron chi connectivity index (χ1n) is 7.14. The number of ether oxygens (including phenoxy) is 2. The second-order valence-electron chi connectivity index (χ2n) is 4.53. The van der Waals surface area contributed by atoms with E-state index in [0.717, 1.165) is 36.3 Å². The number of alkyl halides is 1. The van der Waals surface area contributed by atoms with E-state index in [1.54, 1.807) is 0 Å². The monoisotopic (exact) mass is 294 g/mol. The molecule has 0 unspecified atom stereocenters. The van der Waals surface area contributed by atoms with Crippen molar-refractivity contribution < 1.29 is 9.47 Å². The molecule has 20 heavy (non-hydrogen) atoms. The molecule has 0 aliphatic rings. The van der Waals surface area contributed by atoms with E-state index in [9.17, 15) is 0 Å². The fraction of sp³-hybridized carbons (Fsp3) is 0.529. The van der Waals surface area contributed by atoms with Gasteiger partial charge in [0.2, 0.25) is 0 Å². The van der Waals surface area contributed by atoms with Gasteiger partial charge in [0.05, 0.1) is 6.61 Å². The minimum atomic E-state index is 0.575. The molecule has 0 atom stereocenters. The average molecular weight is 295 g/mol. The Balaban J connectivity index is 2.38. The highest BCUT2D eigenvalue weighted by molar-refractivity contribution is 6.18. The fourth-order valence-electron chi connectivity index (χ4n) is 1.64. The third-order valence-electron chi connectivity index (χ3n) is 2.78. The van der Waals surface area contributed by atoms with E-state index >= 15 is 0 Å². The number of benzene rings is 1. The lowest BCUT2D eigenvalue weighted by Gasteiger charge is -2.08. The van der Waals surface area contributed by atoms with E-state index in [0.29, 0.717) is 25.5 Å². The normalized spacial score (nSPS) is 9.95. The predicted octanol–water partition coefficient (Wildman–Crippen LogP) is 4.17. The van der Waals surface area contributed by atoms with Crippen LogP contribution in [-0.2, 0) is 4.74 Å². The second kappa shape index (κ2) is 10.6. The van der Waals surface area contributed by atoms with Gasteiger partial charge in [0.15, 0.2) is 0 Å². The van der Waals surface area contributed by atoms with Crippen LogP contribution in [0.2, 0.25) is 0 Å². The minimum Gasteiger partial charge on any atom is -0.491 e. The molecular formula is C17H23ClO2. The van der Waals surface area contributed by atoms with Crippen LogP contribution in [0.25, 0.3) is 0 Å². The smallest absolute Gasteiger partial charge is 0.119 e. The van der Waals surface area contributed by atoms with Gasteiger partial charge in [-0.1, -0.05) is 25.2 Å². The molecule has 0 bridgehead atoms. The quantitative estimate of drug-likeness (QED) is 0.407. The highest BCUT2D eigenvalue weighted by Crippen LogP contribution is 2.16. The zero-order valence-electron chi connectivity index (χ0n) is 12.4. The van der Waals surface area contributed by atoms with Crippen molar-refractivity contribution in [3.05, 3.63) is 29.3 Å². The first-order valence-corrected chi connectivity index (χ1v) is 7.67. The SMILES string of the molecule is CCCCOCCOc1ccc(C#CCCCl)c(C)c1. The summed E-state index contributed by atoms with van der Waals surface area (Å²) in [5, 5.41) is 0. The molecule has 3 heteroatoms. The van der Waals surface area contributed by atoms with Crippen LogP contribution in [0, 0.1) is 18.8 Å². The highest BCUT2D eigenvalue weighted by atomic mass is 35.5. The van der Waals surface area contributed by atoms with Crippen LogP contribution in [0.1, 0.15) is 37.3 Å². The summed E-state index contributed by atoms with van der Waals surface area (Å²) in [7, 11) is 0. The van der Waals surface area contributed by atoms with E-state index in [2.05, 4.69) is 18.8 Å². The van der Waals surface area contributed by atoms with Crippen molar-refractivity contribution >= 4 is 11.6 Å². The molecule has 1 aromatic carbocycles. The lowest BCUT2D eigenvalue weighted by molar-refractivity contribution is 0.0980. The van der Waals surface area contributed by atoms with Crippen molar-refractivity contribution in [1.29, 1.82) is 0 Å². The lowest BCUT2D eigenvalue weighted by Crippen LogP contribution is -2.07. The molecule has 110 valence electrons. The molecule has 0 saturated carbocycles. The van der Waals surface area contributed by atoms with Gasteiger partial charge in [-0.15, -0.1) is 11.6 Å². The summed E-state index contributed by atoms with van der Waals surface area (Å²) in [6.45, 7) is 6.22. The number of rotatable bonds is 8. The summed E-state index contributed by atoms with van der Waals surface area (Å²) >= 11 is 5.60. The third-order valence-corrected chi connectivity index (χ3v) is 2.97. The number of aryl methyl sites for hydroxylation is 1. The number of hydrogen-bond acceptors (Lipinski definition) is 2. The molecule has 2 nitrogen and oxygen atoms in total. The van der Waals surface area contributed by atoms with E-state index in [-0.39, 0.29) is 0 Å². The van der Waals surface area contributed by atoms with Crippen LogP contribution < -0.4 is 4.74 Å². The van der Waals surface area contributed by atoms with Crippen molar-refractivity contribution in [2.75, 3.05) is 25.7 Å². The molecule has 0 saturated heterocycles. The average Bonchev–Trinajstić information content (AvgIpc) is 2.45. The Morgan fingerprint density at radius 1 is 1.20 bits per heavy atom. The molecule has 0 heterocycles. The van der Waals surface area contributed by atoms with Crippen molar-refractivity contribution in [2.24, 2.45) is 0 Å². The maximum absolute atomic E-state index is 5.65. The van der Waals surface area contributed by atoms with Crippen molar-refractivity contribution in [3.8, 4) is 17.6 Å². The van der Waals surface area contributed by atoms with Crippen LogP contribution in [0.15, 0.2) is 18.2 Å². The van der Waals surface area contributed by atoms with Gasteiger partial charge in [-0.2, -0.15) is 0 Å². The van der Waals surface area contributed by atoms with E-state index in [4.69, 9.17) is 21.1 Å². The summed E-state index contributed by atoms with van der Waals surface area (Å²) in [6.07, 6.45) is 2.98. The van der Waals surface area contributed by atoms with Gasteiger partial charge >= 0.3 is 0 Å².